The van der Waals surface area contributed by atoms with Gasteiger partial charge in [-0.15, -0.1) is 0 Å². The van der Waals surface area contributed by atoms with Crippen LogP contribution < -0.4 is 4.72 Å². The van der Waals surface area contributed by atoms with Crippen molar-refractivity contribution in [2.75, 3.05) is 17.0 Å². The molecule has 1 N–H and O–H groups in total. The first-order chi connectivity index (χ1) is 14.0. The number of sulfonamides is 1. The lowest BCUT2D eigenvalue weighted by Crippen LogP contribution is -2.39. The summed E-state index contributed by atoms with van der Waals surface area (Å²) in [7, 11) is -3.79. The molecule has 2 aromatic rings. The standard InChI is InChI=1S/C19H23BrN4O4S2/c1-19(2,3)28-18(25)23-7-6-12-10-14(5-4-13(12)11-23)22-30(26,27)16-15(20)21-17-24(16)8-9-29-17/h4-5,10,22H,6-9,11H2,1-3H3. The Morgan fingerprint density at radius 3 is 2.77 bits per heavy atom. The molecule has 0 saturated heterocycles. The van der Waals surface area contributed by atoms with Crippen LogP contribution in [0.2, 0.25) is 0 Å². The molecule has 0 unspecified atom stereocenters. The van der Waals surface area contributed by atoms with E-state index in [1.54, 1.807) is 15.5 Å². The van der Waals surface area contributed by atoms with Crippen LogP contribution in [0.4, 0.5) is 10.5 Å². The van der Waals surface area contributed by atoms with E-state index < -0.39 is 15.6 Å². The number of hydrogen-bond donors (Lipinski definition) is 1. The second-order valence-corrected chi connectivity index (χ2v) is 11.6. The summed E-state index contributed by atoms with van der Waals surface area (Å²) < 4.78 is 36.2. The topological polar surface area (TPSA) is 93.5 Å². The quantitative estimate of drug-likeness (QED) is 0.668. The van der Waals surface area contributed by atoms with Crippen molar-refractivity contribution in [1.82, 2.24) is 14.5 Å². The van der Waals surface area contributed by atoms with Crippen molar-refractivity contribution in [3.8, 4) is 0 Å². The Bertz CT molecular complexity index is 1110. The third kappa shape index (κ3) is 4.33. The van der Waals surface area contributed by atoms with E-state index in [0.29, 0.717) is 41.5 Å². The number of carbonyl (C=O) groups excluding carboxylic acids is 1. The van der Waals surface area contributed by atoms with Crippen LogP contribution in [0.3, 0.4) is 0 Å². The second kappa shape index (κ2) is 7.76. The maximum atomic E-state index is 13.0. The maximum absolute atomic E-state index is 13.0. The number of thioether (sulfide) groups is 1. The molecule has 0 atom stereocenters. The lowest BCUT2D eigenvalue weighted by Gasteiger charge is -2.31. The largest absolute Gasteiger partial charge is 0.444 e. The van der Waals surface area contributed by atoms with Gasteiger partial charge in [0, 0.05) is 31.1 Å². The number of amides is 1. The van der Waals surface area contributed by atoms with Crippen molar-refractivity contribution in [1.29, 1.82) is 0 Å². The summed E-state index contributed by atoms with van der Waals surface area (Å²) in [6.07, 6.45) is 0.294. The molecule has 8 nitrogen and oxygen atoms in total. The van der Waals surface area contributed by atoms with Crippen LogP contribution in [-0.4, -0.2) is 46.9 Å². The Hall–Kier alpha value is -1.72. The molecule has 0 radical (unpaired) electrons. The zero-order valence-electron chi connectivity index (χ0n) is 16.9. The number of benzene rings is 1. The van der Waals surface area contributed by atoms with Crippen molar-refractivity contribution in [3.63, 3.8) is 0 Å². The number of rotatable bonds is 3. The number of hydrogen-bond acceptors (Lipinski definition) is 6. The molecule has 2 aliphatic rings. The van der Waals surface area contributed by atoms with Crippen molar-refractivity contribution in [2.24, 2.45) is 0 Å². The first kappa shape index (κ1) is 21.5. The Morgan fingerprint density at radius 1 is 1.27 bits per heavy atom. The Balaban J connectivity index is 1.52. The summed E-state index contributed by atoms with van der Waals surface area (Å²) in [5.41, 5.74) is 1.95. The number of nitrogens with zero attached hydrogens (tertiary/aromatic N) is 3. The lowest BCUT2D eigenvalue weighted by atomic mass is 9.99. The number of imidazole rings is 1. The highest BCUT2D eigenvalue weighted by molar-refractivity contribution is 9.10. The Morgan fingerprint density at radius 2 is 2.03 bits per heavy atom. The molecule has 0 bridgehead atoms. The van der Waals surface area contributed by atoms with Gasteiger partial charge >= 0.3 is 6.09 Å². The Kier molecular flexibility index (Phi) is 5.56. The minimum atomic E-state index is -3.79. The number of halogens is 1. The summed E-state index contributed by atoms with van der Waals surface area (Å²) in [6.45, 7) is 7.10. The lowest BCUT2D eigenvalue weighted by molar-refractivity contribution is 0.0224. The first-order valence-electron chi connectivity index (χ1n) is 9.55. The number of fused-ring (bicyclic) bond motifs is 2. The Labute approximate surface area is 188 Å². The van der Waals surface area contributed by atoms with Gasteiger partial charge in [-0.25, -0.2) is 9.78 Å². The van der Waals surface area contributed by atoms with Gasteiger partial charge in [-0.3, -0.25) is 4.72 Å². The van der Waals surface area contributed by atoms with E-state index in [1.165, 1.54) is 11.8 Å². The molecule has 1 aromatic heterocycles. The van der Waals surface area contributed by atoms with Gasteiger partial charge in [0.1, 0.15) is 10.2 Å². The van der Waals surface area contributed by atoms with E-state index >= 15 is 0 Å². The van der Waals surface area contributed by atoms with Crippen LogP contribution in [0, 0.1) is 0 Å². The van der Waals surface area contributed by atoms with Gasteiger partial charge in [-0.2, -0.15) is 8.42 Å². The van der Waals surface area contributed by atoms with Crippen molar-refractivity contribution < 1.29 is 17.9 Å². The van der Waals surface area contributed by atoms with Crippen LogP contribution in [0.5, 0.6) is 0 Å². The molecule has 30 heavy (non-hydrogen) atoms. The number of nitrogens with one attached hydrogen (secondary N) is 1. The van der Waals surface area contributed by atoms with E-state index in [0.717, 1.165) is 16.9 Å². The van der Waals surface area contributed by atoms with Gasteiger partial charge in [-0.05, 0) is 66.4 Å². The molecular formula is C19H23BrN4O4S2. The first-order valence-corrected chi connectivity index (χ1v) is 12.8. The van der Waals surface area contributed by atoms with Crippen LogP contribution in [-0.2, 0) is 34.3 Å². The highest BCUT2D eigenvalue weighted by Gasteiger charge is 2.30. The van der Waals surface area contributed by atoms with Gasteiger partial charge in [0.15, 0.2) is 10.2 Å². The zero-order valence-corrected chi connectivity index (χ0v) is 20.2. The fourth-order valence-corrected chi connectivity index (χ4v) is 6.90. The molecule has 0 spiro atoms. The average molecular weight is 515 g/mol. The number of ether oxygens (including phenoxy) is 1. The summed E-state index contributed by atoms with van der Waals surface area (Å²) >= 11 is 4.82. The van der Waals surface area contributed by atoms with Gasteiger partial charge < -0.3 is 14.2 Å². The number of aromatic nitrogens is 2. The average Bonchev–Trinajstić information content (AvgIpc) is 3.19. The summed E-state index contributed by atoms with van der Waals surface area (Å²) in [6, 6.07) is 5.41. The van der Waals surface area contributed by atoms with E-state index in [2.05, 4.69) is 25.6 Å². The molecule has 0 aliphatic carbocycles. The fourth-order valence-electron chi connectivity index (χ4n) is 3.48. The summed E-state index contributed by atoms with van der Waals surface area (Å²) in [5, 5.41) is 0.853. The van der Waals surface area contributed by atoms with E-state index in [9.17, 15) is 13.2 Å². The van der Waals surface area contributed by atoms with E-state index in [-0.39, 0.29) is 11.1 Å². The van der Waals surface area contributed by atoms with E-state index in [1.807, 2.05) is 32.9 Å². The summed E-state index contributed by atoms with van der Waals surface area (Å²) in [5.74, 6) is 0.811. The molecule has 0 fully saturated rings. The van der Waals surface area contributed by atoms with Crippen molar-refractivity contribution >= 4 is 49.5 Å². The van der Waals surface area contributed by atoms with Gasteiger partial charge in [0.2, 0.25) is 0 Å². The molecule has 4 rings (SSSR count). The molecular weight excluding hydrogens is 492 g/mol. The molecule has 3 heterocycles. The fraction of sp³-hybridized carbons (Fsp3) is 0.474. The van der Waals surface area contributed by atoms with Crippen LogP contribution in [0.1, 0.15) is 31.9 Å². The predicted molar refractivity (Wildman–Crippen MR) is 118 cm³/mol. The summed E-state index contributed by atoms with van der Waals surface area (Å²) in [4.78, 5) is 18.3. The molecule has 162 valence electrons. The highest BCUT2D eigenvalue weighted by Crippen LogP contribution is 2.34. The normalized spacial score (nSPS) is 16.2. The SMILES string of the molecule is CC(C)(C)OC(=O)N1CCc2cc(NS(=O)(=O)c3c(Br)nc4n3CCS4)ccc2C1. The molecule has 0 saturated carbocycles. The van der Waals surface area contributed by atoms with Gasteiger partial charge in [-0.1, -0.05) is 17.8 Å². The van der Waals surface area contributed by atoms with Gasteiger partial charge in [0.05, 0.1) is 0 Å². The van der Waals surface area contributed by atoms with Crippen LogP contribution in [0.15, 0.2) is 33.0 Å². The van der Waals surface area contributed by atoms with Gasteiger partial charge in [0.25, 0.3) is 10.0 Å². The molecule has 2 aliphatic heterocycles. The van der Waals surface area contributed by atoms with Crippen LogP contribution in [0.25, 0.3) is 0 Å². The monoisotopic (exact) mass is 514 g/mol. The molecule has 1 amide bonds. The van der Waals surface area contributed by atoms with E-state index in [4.69, 9.17) is 4.74 Å². The second-order valence-electron chi connectivity index (χ2n) is 8.23. The maximum Gasteiger partial charge on any atom is 0.410 e. The highest BCUT2D eigenvalue weighted by atomic mass is 79.9. The molecule has 1 aromatic carbocycles. The molecule has 11 heteroatoms. The van der Waals surface area contributed by atoms with Crippen molar-refractivity contribution in [3.05, 3.63) is 33.9 Å². The zero-order chi connectivity index (χ0) is 21.7. The van der Waals surface area contributed by atoms with Crippen LogP contribution >= 0.6 is 27.7 Å². The number of anilines is 1. The minimum Gasteiger partial charge on any atom is -0.444 e. The number of carbonyl (C=O) groups is 1. The van der Waals surface area contributed by atoms with Crippen molar-refractivity contribution in [2.45, 2.75) is 56.1 Å². The third-order valence-electron chi connectivity index (χ3n) is 4.77. The smallest absolute Gasteiger partial charge is 0.410 e. The third-order valence-corrected chi connectivity index (χ3v) is 7.97. The predicted octanol–water partition coefficient (Wildman–Crippen LogP) is 3.85. The minimum absolute atomic E-state index is 0.149.